The monoisotopic (exact) mass is 144 g/mol. The molecule has 0 aliphatic heterocycles. The van der Waals surface area contributed by atoms with Gasteiger partial charge in [-0.3, -0.25) is 5.32 Å². The average molecular weight is 144 g/mol. The number of rotatable bonds is 5. The van der Waals surface area contributed by atoms with Gasteiger partial charge in [0.1, 0.15) is 6.23 Å². The van der Waals surface area contributed by atoms with E-state index in [-0.39, 0.29) is 0 Å². The van der Waals surface area contributed by atoms with Crippen molar-refractivity contribution in [2.45, 2.75) is 19.6 Å². The summed E-state index contributed by atoms with van der Waals surface area (Å²) in [4.78, 5) is 0. The van der Waals surface area contributed by atoms with Gasteiger partial charge < -0.3 is 10.8 Å². The van der Waals surface area contributed by atoms with Crippen molar-refractivity contribution in [3.05, 3.63) is 12.2 Å². The van der Waals surface area contributed by atoms with Gasteiger partial charge in [0.25, 0.3) is 0 Å². The van der Waals surface area contributed by atoms with Crippen molar-refractivity contribution in [1.29, 1.82) is 0 Å². The molecule has 60 valence electrons. The van der Waals surface area contributed by atoms with E-state index in [0.717, 1.165) is 18.5 Å². The van der Waals surface area contributed by atoms with Crippen molar-refractivity contribution >= 4 is 0 Å². The van der Waals surface area contributed by atoms with Crippen molar-refractivity contribution < 1.29 is 5.11 Å². The first-order chi connectivity index (χ1) is 4.68. The van der Waals surface area contributed by atoms with Crippen molar-refractivity contribution in [3.63, 3.8) is 0 Å². The molecule has 0 aromatic carbocycles. The summed E-state index contributed by atoms with van der Waals surface area (Å²) in [6, 6.07) is 0. The van der Waals surface area contributed by atoms with E-state index in [1.54, 1.807) is 6.92 Å². The Bertz CT molecular complexity index is 104. The molecule has 0 heterocycles. The summed E-state index contributed by atoms with van der Waals surface area (Å²) in [5.74, 6) is 0. The standard InChI is InChI=1S/C7H16N2O/c1-6(2)7(10)9-5-3-4-8/h7,9-10H,1,3-5,8H2,2H3. The lowest BCUT2D eigenvalue weighted by Crippen LogP contribution is -2.31. The molecule has 0 rings (SSSR count). The molecule has 0 radical (unpaired) electrons. The predicted octanol–water partition coefficient (Wildman–Crippen LogP) is -0.181. The Morgan fingerprint density at radius 2 is 2.40 bits per heavy atom. The average Bonchev–Trinajstić information content (AvgIpc) is 1.88. The van der Waals surface area contributed by atoms with Gasteiger partial charge in [0, 0.05) is 0 Å². The first kappa shape index (κ1) is 9.62. The minimum absolute atomic E-state index is 0.577. The summed E-state index contributed by atoms with van der Waals surface area (Å²) in [5.41, 5.74) is 5.98. The molecule has 0 bridgehead atoms. The van der Waals surface area contributed by atoms with E-state index in [2.05, 4.69) is 11.9 Å². The van der Waals surface area contributed by atoms with E-state index in [9.17, 15) is 0 Å². The molecular weight excluding hydrogens is 128 g/mol. The van der Waals surface area contributed by atoms with Crippen LogP contribution in [-0.4, -0.2) is 24.4 Å². The normalized spacial score (nSPS) is 13.1. The van der Waals surface area contributed by atoms with Crippen LogP contribution in [0.2, 0.25) is 0 Å². The third kappa shape index (κ3) is 4.49. The molecule has 0 spiro atoms. The number of aliphatic hydroxyl groups excluding tert-OH is 1. The number of hydrogen-bond donors (Lipinski definition) is 3. The van der Waals surface area contributed by atoms with Gasteiger partial charge in [0.05, 0.1) is 0 Å². The lowest BCUT2D eigenvalue weighted by Gasteiger charge is -2.10. The van der Waals surface area contributed by atoms with Gasteiger partial charge in [-0.15, -0.1) is 0 Å². The van der Waals surface area contributed by atoms with E-state index >= 15 is 0 Å². The Hall–Kier alpha value is -0.380. The summed E-state index contributed by atoms with van der Waals surface area (Å²) in [5, 5.41) is 12.0. The fourth-order valence-corrected chi connectivity index (χ4v) is 0.515. The molecule has 10 heavy (non-hydrogen) atoms. The maximum Gasteiger partial charge on any atom is 0.126 e. The maximum atomic E-state index is 9.10. The first-order valence-corrected chi connectivity index (χ1v) is 3.45. The topological polar surface area (TPSA) is 58.3 Å². The number of nitrogens with one attached hydrogen (secondary N) is 1. The molecule has 0 fully saturated rings. The maximum absolute atomic E-state index is 9.10. The number of hydrogen-bond acceptors (Lipinski definition) is 3. The highest BCUT2D eigenvalue weighted by Crippen LogP contribution is 1.91. The summed E-state index contributed by atoms with van der Waals surface area (Å²) < 4.78 is 0. The Labute approximate surface area is 61.9 Å². The van der Waals surface area contributed by atoms with Crippen LogP contribution in [0.25, 0.3) is 0 Å². The van der Waals surface area contributed by atoms with Gasteiger partial charge in [0.2, 0.25) is 0 Å². The van der Waals surface area contributed by atoms with E-state index in [4.69, 9.17) is 10.8 Å². The van der Waals surface area contributed by atoms with E-state index in [0.29, 0.717) is 6.54 Å². The second-order valence-electron chi connectivity index (χ2n) is 2.35. The molecule has 4 N–H and O–H groups in total. The van der Waals surface area contributed by atoms with Crippen LogP contribution >= 0.6 is 0 Å². The smallest absolute Gasteiger partial charge is 0.126 e. The van der Waals surface area contributed by atoms with Gasteiger partial charge in [-0.25, -0.2) is 0 Å². The third-order valence-corrected chi connectivity index (χ3v) is 1.19. The molecule has 0 saturated heterocycles. The van der Waals surface area contributed by atoms with Gasteiger partial charge in [-0.1, -0.05) is 6.58 Å². The molecule has 1 unspecified atom stereocenters. The fourth-order valence-electron chi connectivity index (χ4n) is 0.515. The summed E-state index contributed by atoms with van der Waals surface area (Å²) >= 11 is 0. The van der Waals surface area contributed by atoms with Crippen LogP contribution in [0.15, 0.2) is 12.2 Å². The van der Waals surface area contributed by atoms with Crippen LogP contribution in [-0.2, 0) is 0 Å². The Kier molecular flexibility index (Phi) is 5.20. The lowest BCUT2D eigenvalue weighted by atomic mass is 10.3. The molecule has 0 aromatic heterocycles. The molecule has 0 aliphatic carbocycles. The Morgan fingerprint density at radius 3 is 2.80 bits per heavy atom. The third-order valence-electron chi connectivity index (χ3n) is 1.19. The largest absolute Gasteiger partial charge is 0.375 e. The lowest BCUT2D eigenvalue weighted by molar-refractivity contribution is 0.173. The number of nitrogens with two attached hydrogens (primary N) is 1. The zero-order valence-electron chi connectivity index (χ0n) is 6.43. The molecular formula is C7H16N2O. The second kappa shape index (κ2) is 5.41. The van der Waals surface area contributed by atoms with Crippen LogP contribution in [0, 0.1) is 0 Å². The molecule has 0 saturated carbocycles. The molecule has 0 aromatic rings. The highest BCUT2D eigenvalue weighted by Gasteiger charge is 2.00. The fraction of sp³-hybridized carbons (Fsp3) is 0.714. The van der Waals surface area contributed by atoms with Crippen molar-refractivity contribution in [2.75, 3.05) is 13.1 Å². The molecule has 1 atom stereocenters. The molecule has 0 aliphatic rings. The van der Waals surface area contributed by atoms with Crippen LogP contribution < -0.4 is 11.1 Å². The van der Waals surface area contributed by atoms with Gasteiger partial charge >= 0.3 is 0 Å². The van der Waals surface area contributed by atoms with Crippen molar-refractivity contribution in [2.24, 2.45) is 5.73 Å². The van der Waals surface area contributed by atoms with Crippen molar-refractivity contribution in [1.82, 2.24) is 5.32 Å². The molecule has 0 amide bonds. The van der Waals surface area contributed by atoms with Crippen LogP contribution in [0.5, 0.6) is 0 Å². The van der Waals surface area contributed by atoms with Crippen LogP contribution in [0.1, 0.15) is 13.3 Å². The minimum atomic E-state index is -0.577. The van der Waals surface area contributed by atoms with Crippen LogP contribution in [0.4, 0.5) is 0 Å². The van der Waals surface area contributed by atoms with Gasteiger partial charge in [-0.2, -0.15) is 0 Å². The SMILES string of the molecule is C=C(C)C(O)NCCCN. The van der Waals surface area contributed by atoms with E-state index in [1.165, 1.54) is 0 Å². The minimum Gasteiger partial charge on any atom is -0.375 e. The van der Waals surface area contributed by atoms with Gasteiger partial charge in [0.15, 0.2) is 0 Å². The Balaban J connectivity index is 3.21. The zero-order valence-corrected chi connectivity index (χ0v) is 6.43. The second-order valence-corrected chi connectivity index (χ2v) is 2.35. The molecule has 3 heteroatoms. The zero-order chi connectivity index (χ0) is 7.98. The summed E-state index contributed by atoms with van der Waals surface area (Å²) in [6.45, 7) is 6.76. The van der Waals surface area contributed by atoms with E-state index < -0.39 is 6.23 Å². The van der Waals surface area contributed by atoms with Crippen LogP contribution in [0.3, 0.4) is 0 Å². The predicted molar refractivity (Wildman–Crippen MR) is 42.5 cm³/mol. The van der Waals surface area contributed by atoms with Gasteiger partial charge in [-0.05, 0) is 32.0 Å². The van der Waals surface area contributed by atoms with Crippen molar-refractivity contribution in [3.8, 4) is 0 Å². The van der Waals surface area contributed by atoms with E-state index in [1.807, 2.05) is 0 Å². The summed E-state index contributed by atoms with van der Waals surface area (Å²) in [6.07, 6.45) is 0.302. The Morgan fingerprint density at radius 1 is 1.80 bits per heavy atom. The number of aliphatic hydroxyl groups is 1. The molecule has 3 nitrogen and oxygen atoms in total. The highest BCUT2D eigenvalue weighted by molar-refractivity contribution is 4.94. The first-order valence-electron chi connectivity index (χ1n) is 3.45. The highest BCUT2D eigenvalue weighted by atomic mass is 16.3. The summed E-state index contributed by atoms with van der Waals surface area (Å²) in [7, 11) is 0. The quantitative estimate of drug-likeness (QED) is 0.285.